The van der Waals surface area contributed by atoms with Gasteiger partial charge in [0, 0.05) is 44.0 Å². The second-order valence-electron chi connectivity index (χ2n) is 7.91. The van der Waals surface area contributed by atoms with Crippen LogP contribution >= 0.6 is 0 Å². The highest BCUT2D eigenvalue weighted by Crippen LogP contribution is 2.20. The van der Waals surface area contributed by atoms with Crippen LogP contribution in [0.3, 0.4) is 0 Å². The van der Waals surface area contributed by atoms with Gasteiger partial charge in [0.1, 0.15) is 0 Å². The second kappa shape index (κ2) is 11.0. The Morgan fingerprint density at radius 2 is 1.55 bits per heavy atom. The third-order valence-corrected chi connectivity index (χ3v) is 6.09. The molecule has 2 aromatic rings. The minimum absolute atomic E-state index is 0.000310. The number of hydrogen-bond acceptors (Lipinski definition) is 4. The number of carbonyl (C=O) groups excluding carboxylic acids is 2. The number of carbonyl (C=O) groups is 2. The molecule has 2 aromatic carbocycles. The van der Waals surface area contributed by atoms with E-state index < -0.39 is 0 Å². The maximum Gasteiger partial charge on any atom is 0.317 e. The molecule has 3 rings (SSSR count). The number of nitrogens with one attached hydrogen (secondary N) is 1. The van der Waals surface area contributed by atoms with Gasteiger partial charge in [-0.3, -0.25) is 9.69 Å². The number of ketones is 1. The van der Waals surface area contributed by atoms with E-state index in [0.29, 0.717) is 19.6 Å². The van der Waals surface area contributed by atoms with Gasteiger partial charge in [0.05, 0.1) is 6.04 Å². The monoisotopic (exact) mass is 422 g/mol. The molecule has 166 valence electrons. The number of amides is 2. The molecule has 1 aliphatic heterocycles. The minimum Gasteiger partial charge on any atom is -0.368 e. The molecule has 1 unspecified atom stereocenters. The fourth-order valence-corrected chi connectivity index (χ4v) is 4.17. The quantitative estimate of drug-likeness (QED) is 0.658. The maximum absolute atomic E-state index is 12.8. The molecule has 6 nitrogen and oxygen atoms in total. The Morgan fingerprint density at radius 1 is 0.935 bits per heavy atom. The maximum atomic E-state index is 12.8. The number of nitrogens with zero attached hydrogens (tertiary/aromatic N) is 3. The first-order valence-electron chi connectivity index (χ1n) is 11.2. The fraction of sp³-hybridized carbons (Fsp3) is 0.440. The first kappa shape index (κ1) is 22.8. The highest BCUT2D eigenvalue weighted by atomic mass is 16.2. The van der Waals surface area contributed by atoms with Gasteiger partial charge in [-0.15, -0.1) is 0 Å². The van der Waals surface area contributed by atoms with Gasteiger partial charge in [0.15, 0.2) is 5.78 Å². The van der Waals surface area contributed by atoms with Crippen LogP contribution in [-0.4, -0.2) is 67.4 Å². The van der Waals surface area contributed by atoms with Gasteiger partial charge in [-0.05, 0) is 49.8 Å². The van der Waals surface area contributed by atoms with Crippen LogP contribution in [0.4, 0.5) is 10.5 Å². The highest BCUT2D eigenvalue weighted by Gasteiger charge is 2.24. The van der Waals surface area contributed by atoms with E-state index in [1.807, 2.05) is 35.2 Å². The van der Waals surface area contributed by atoms with Crippen LogP contribution in [0.25, 0.3) is 0 Å². The molecule has 1 aliphatic rings. The molecule has 6 heteroatoms. The smallest absolute Gasteiger partial charge is 0.317 e. The third-order valence-electron chi connectivity index (χ3n) is 6.09. The molecule has 1 atom stereocenters. The molecule has 1 saturated heterocycles. The van der Waals surface area contributed by atoms with Crippen LogP contribution in [0.1, 0.15) is 42.7 Å². The molecule has 0 aromatic heterocycles. The zero-order valence-corrected chi connectivity index (χ0v) is 18.9. The largest absolute Gasteiger partial charge is 0.368 e. The average molecular weight is 423 g/mol. The molecular formula is C25H34N4O2. The van der Waals surface area contributed by atoms with Crippen molar-refractivity contribution in [3.8, 4) is 0 Å². The molecule has 0 radical (unpaired) electrons. The molecule has 2 amide bonds. The van der Waals surface area contributed by atoms with Crippen LogP contribution < -0.4 is 10.2 Å². The van der Waals surface area contributed by atoms with Crippen molar-refractivity contribution < 1.29 is 9.59 Å². The number of hydrogen-bond donors (Lipinski definition) is 1. The van der Waals surface area contributed by atoms with E-state index in [-0.39, 0.29) is 17.9 Å². The Balaban J connectivity index is 1.54. The van der Waals surface area contributed by atoms with Gasteiger partial charge >= 0.3 is 6.03 Å². The summed E-state index contributed by atoms with van der Waals surface area (Å²) in [6.07, 6.45) is 0. The first-order valence-corrected chi connectivity index (χ1v) is 11.2. The van der Waals surface area contributed by atoms with Crippen molar-refractivity contribution in [3.63, 3.8) is 0 Å². The van der Waals surface area contributed by atoms with Gasteiger partial charge in [0.25, 0.3) is 0 Å². The molecule has 1 N–H and O–H groups in total. The van der Waals surface area contributed by atoms with E-state index in [4.69, 9.17) is 0 Å². The normalized spacial score (nSPS) is 15.1. The van der Waals surface area contributed by atoms with Crippen molar-refractivity contribution in [2.75, 3.05) is 50.7 Å². The molecular weight excluding hydrogens is 388 g/mol. The Hall–Kier alpha value is -2.86. The second-order valence-corrected chi connectivity index (χ2v) is 7.91. The van der Waals surface area contributed by atoms with Crippen molar-refractivity contribution in [3.05, 3.63) is 65.7 Å². The zero-order valence-electron chi connectivity index (χ0n) is 18.9. The van der Waals surface area contributed by atoms with E-state index in [0.717, 1.165) is 37.4 Å². The highest BCUT2D eigenvalue weighted by molar-refractivity contribution is 5.94. The lowest BCUT2D eigenvalue weighted by atomic mass is 10.1. The van der Waals surface area contributed by atoms with Crippen LogP contribution in [0.2, 0.25) is 0 Å². The summed E-state index contributed by atoms with van der Waals surface area (Å²) in [7, 11) is 0. The van der Waals surface area contributed by atoms with E-state index in [1.165, 1.54) is 5.56 Å². The molecule has 0 saturated carbocycles. The lowest BCUT2D eigenvalue weighted by Crippen LogP contribution is -2.52. The van der Waals surface area contributed by atoms with Crippen LogP contribution in [0.15, 0.2) is 54.6 Å². The average Bonchev–Trinajstić information content (AvgIpc) is 2.82. The van der Waals surface area contributed by atoms with Gasteiger partial charge in [-0.25, -0.2) is 4.79 Å². The van der Waals surface area contributed by atoms with Gasteiger partial charge in [0.2, 0.25) is 0 Å². The number of piperazine rings is 1. The minimum atomic E-state index is -0.000310. The van der Waals surface area contributed by atoms with Crippen LogP contribution in [-0.2, 0) is 0 Å². The fourth-order valence-electron chi connectivity index (χ4n) is 4.17. The molecule has 0 aliphatic carbocycles. The SMILES string of the molecule is CCN(CC)C(CNC(=O)N1CCN(c2ccc(C(C)=O)cc2)CC1)c1ccccc1. The van der Waals surface area contributed by atoms with Crippen molar-refractivity contribution in [1.82, 2.24) is 15.1 Å². The summed E-state index contributed by atoms with van der Waals surface area (Å²) in [5, 5.41) is 3.16. The number of Topliss-reactive ketones (excluding diaryl/α,β-unsaturated/α-hetero) is 1. The van der Waals surface area contributed by atoms with Crippen molar-refractivity contribution in [2.45, 2.75) is 26.8 Å². The molecule has 1 fully saturated rings. The third kappa shape index (κ3) is 5.85. The molecule has 0 bridgehead atoms. The predicted molar refractivity (Wildman–Crippen MR) is 126 cm³/mol. The summed E-state index contributed by atoms with van der Waals surface area (Å²) in [5.74, 6) is 0.0755. The van der Waals surface area contributed by atoms with Crippen molar-refractivity contribution >= 4 is 17.5 Å². The van der Waals surface area contributed by atoms with Crippen molar-refractivity contribution in [2.24, 2.45) is 0 Å². The van der Waals surface area contributed by atoms with E-state index >= 15 is 0 Å². The number of likely N-dealkylation sites (N-methyl/N-ethyl adjacent to an activating group) is 1. The number of urea groups is 1. The van der Waals surface area contributed by atoms with Gasteiger partial charge in [-0.1, -0.05) is 44.2 Å². The first-order chi connectivity index (χ1) is 15.0. The van der Waals surface area contributed by atoms with E-state index in [9.17, 15) is 9.59 Å². The van der Waals surface area contributed by atoms with Gasteiger partial charge < -0.3 is 15.1 Å². The molecule has 0 spiro atoms. The standard InChI is InChI=1S/C25H34N4O2/c1-4-27(5-2)24(22-9-7-6-8-10-22)19-26-25(31)29-17-15-28(16-18-29)23-13-11-21(12-14-23)20(3)30/h6-14,24H,4-5,15-19H2,1-3H3,(H,26,31). The van der Waals surface area contributed by atoms with E-state index in [2.05, 4.69) is 53.2 Å². The lowest BCUT2D eigenvalue weighted by Gasteiger charge is -2.37. The Labute approximate surface area is 185 Å². The number of rotatable bonds is 8. The van der Waals surface area contributed by atoms with Gasteiger partial charge in [-0.2, -0.15) is 0 Å². The van der Waals surface area contributed by atoms with E-state index in [1.54, 1.807) is 6.92 Å². The summed E-state index contributed by atoms with van der Waals surface area (Å²) >= 11 is 0. The van der Waals surface area contributed by atoms with Crippen LogP contribution in [0.5, 0.6) is 0 Å². The summed E-state index contributed by atoms with van der Waals surface area (Å²) in [6.45, 7) is 11.3. The molecule has 1 heterocycles. The summed E-state index contributed by atoms with van der Waals surface area (Å²) in [6, 6.07) is 18.3. The zero-order chi connectivity index (χ0) is 22.2. The Kier molecular flexibility index (Phi) is 8.06. The molecule has 31 heavy (non-hydrogen) atoms. The Morgan fingerprint density at radius 3 is 2.10 bits per heavy atom. The number of anilines is 1. The summed E-state index contributed by atoms with van der Waals surface area (Å²) in [4.78, 5) is 30.8. The summed E-state index contributed by atoms with van der Waals surface area (Å²) < 4.78 is 0. The van der Waals surface area contributed by atoms with Crippen LogP contribution in [0, 0.1) is 0 Å². The Bertz CT molecular complexity index is 842. The number of benzene rings is 2. The topological polar surface area (TPSA) is 55.9 Å². The van der Waals surface area contributed by atoms with Crippen molar-refractivity contribution in [1.29, 1.82) is 0 Å². The lowest BCUT2D eigenvalue weighted by molar-refractivity contribution is 0.101. The summed E-state index contributed by atoms with van der Waals surface area (Å²) in [5.41, 5.74) is 3.05. The predicted octanol–water partition coefficient (Wildman–Crippen LogP) is 3.80.